The maximum absolute atomic E-state index is 12.2. The number of carbonyl (C=O) groups is 2. The first kappa shape index (κ1) is 14.7. The standard InChI is InChI=1S/C14H16N4O3/c1-14(2,3)21-13(20)18(17-9-19)11-6-4-5-10-12(11)16-8-7-15-10/h4-9H,1-3H3,(H,17,19). The number of nitrogens with one attached hydrogen (secondary N) is 1. The number of fused-ring (bicyclic) bond motifs is 1. The normalized spacial score (nSPS) is 11.0. The van der Waals surface area contributed by atoms with Crippen LogP contribution in [0.15, 0.2) is 30.6 Å². The molecule has 1 N–H and O–H groups in total. The Bertz CT molecular complexity index is 661. The highest BCUT2D eigenvalue weighted by Crippen LogP contribution is 2.23. The van der Waals surface area contributed by atoms with Gasteiger partial charge in [0.15, 0.2) is 0 Å². The number of aromatic nitrogens is 2. The zero-order chi connectivity index (χ0) is 15.5. The predicted octanol–water partition coefficient (Wildman–Crippen LogP) is 2.03. The molecular weight excluding hydrogens is 272 g/mol. The molecule has 1 heterocycles. The van der Waals surface area contributed by atoms with Crippen molar-refractivity contribution in [2.24, 2.45) is 0 Å². The van der Waals surface area contributed by atoms with Crippen molar-refractivity contribution in [1.29, 1.82) is 0 Å². The van der Waals surface area contributed by atoms with Gasteiger partial charge in [0.2, 0.25) is 6.41 Å². The van der Waals surface area contributed by atoms with Gasteiger partial charge in [-0.15, -0.1) is 0 Å². The largest absolute Gasteiger partial charge is 0.442 e. The Morgan fingerprint density at radius 3 is 2.67 bits per heavy atom. The lowest BCUT2D eigenvalue weighted by molar-refractivity contribution is -0.109. The first-order chi connectivity index (χ1) is 9.92. The van der Waals surface area contributed by atoms with Gasteiger partial charge in [-0.2, -0.15) is 5.01 Å². The highest BCUT2D eigenvalue weighted by Gasteiger charge is 2.25. The van der Waals surface area contributed by atoms with Gasteiger partial charge in [-0.25, -0.2) is 4.79 Å². The molecule has 0 atom stereocenters. The molecule has 0 saturated heterocycles. The van der Waals surface area contributed by atoms with Crippen LogP contribution < -0.4 is 10.4 Å². The van der Waals surface area contributed by atoms with Crippen LogP contribution in [0.4, 0.5) is 10.5 Å². The molecule has 0 radical (unpaired) electrons. The summed E-state index contributed by atoms with van der Waals surface area (Å²) in [6.45, 7) is 5.23. The zero-order valence-electron chi connectivity index (χ0n) is 12.0. The topological polar surface area (TPSA) is 84.4 Å². The van der Waals surface area contributed by atoms with Gasteiger partial charge in [-0.05, 0) is 32.9 Å². The van der Waals surface area contributed by atoms with Crippen molar-refractivity contribution >= 4 is 29.2 Å². The van der Waals surface area contributed by atoms with Gasteiger partial charge in [0, 0.05) is 12.4 Å². The van der Waals surface area contributed by atoms with Crippen LogP contribution in [0.2, 0.25) is 0 Å². The van der Waals surface area contributed by atoms with E-state index in [9.17, 15) is 9.59 Å². The molecule has 7 nitrogen and oxygen atoms in total. The molecule has 1 aromatic heterocycles. The molecule has 0 fully saturated rings. The van der Waals surface area contributed by atoms with Gasteiger partial charge < -0.3 is 4.74 Å². The van der Waals surface area contributed by atoms with Crippen LogP contribution in [-0.2, 0) is 9.53 Å². The van der Waals surface area contributed by atoms with Crippen LogP contribution in [0, 0.1) is 0 Å². The molecule has 0 aliphatic heterocycles. The lowest BCUT2D eigenvalue weighted by Gasteiger charge is -2.26. The number of hydrazine groups is 1. The Morgan fingerprint density at radius 2 is 2.00 bits per heavy atom. The second kappa shape index (κ2) is 5.74. The number of amides is 2. The highest BCUT2D eigenvalue weighted by molar-refractivity contribution is 5.98. The molecule has 1 aromatic carbocycles. The number of carbonyl (C=O) groups excluding carboxylic acids is 2. The molecule has 0 aliphatic carbocycles. The van der Waals surface area contributed by atoms with Crippen molar-refractivity contribution in [3.8, 4) is 0 Å². The Balaban J connectivity index is 2.45. The molecule has 0 saturated carbocycles. The summed E-state index contributed by atoms with van der Waals surface area (Å²) in [5.41, 5.74) is 3.12. The van der Waals surface area contributed by atoms with Crippen LogP contribution in [0.1, 0.15) is 20.8 Å². The van der Waals surface area contributed by atoms with Crippen LogP contribution >= 0.6 is 0 Å². The van der Waals surface area contributed by atoms with Crippen molar-refractivity contribution < 1.29 is 14.3 Å². The van der Waals surface area contributed by atoms with Gasteiger partial charge in [-0.1, -0.05) is 6.07 Å². The van der Waals surface area contributed by atoms with Gasteiger partial charge in [0.05, 0.1) is 11.2 Å². The van der Waals surface area contributed by atoms with E-state index in [1.807, 2.05) is 0 Å². The fourth-order valence-electron chi connectivity index (χ4n) is 1.74. The number of hydrogen-bond donors (Lipinski definition) is 1. The predicted molar refractivity (Wildman–Crippen MR) is 77.5 cm³/mol. The maximum atomic E-state index is 12.2. The second-order valence-corrected chi connectivity index (χ2v) is 5.26. The summed E-state index contributed by atoms with van der Waals surface area (Å²) in [6.07, 6.45) is 2.77. The maximum Gasteiger partial charge on any atom is 0.434 e. The Morgan fingerprint density at radius 1 is 1.29 bits per heavy atom. The number of para-hydroxylation sites is 1. The first-order valence-electron chi connectivity index (χ1n) is 6.35. The van der Waals surface area contributed by atoms with E-state index in [2.05, 4.69) is 15.4 Å². The third kappa shape index (κ3) is 3.44. The summed E-state index contributed by atoms with van der Waals surface area (Å²) in [4.78, 5) is 31.4. The first-order valence-corrected chi connectivity index (χ1v) is 6.35. The quantitative estimate of drug-likeness (QED) is 0.690. The molecule has 110 valence electrons. The summed E-state index contributed by atoms with van der Waals surface area (Å²) < 4.78 is 5.27. The summed E-state index contributed by atoms with van der Waals surface area (Å²) >= 11 is 0. The monoisotopic (exact) mass is 288 g/mol. The summed E-state index contributed by atoms with van der Waals surface area (Å²) in [6, 6.07) is 5.13. The molecule has 2 rings (SSSR count). The summed E-state index contributed by atoms with van der Waals surface area (Å²) in [5, 5.41) is 1.01. The second-order valence-electron chi connectivity index (χ2n) is 5.26. The lowest BCUT2D eigenvalue weighted by Crippen LogP contribution is -2.45. The summed E-state index contributed by atoms with van der Waals surface area (Å²) in [7, 11) is 0. The van der Waals surface area contributed by atoms with E-state index in [0.29, 0.717) is 23.1 Å². The number of nitrogens with zero attached hydrogens (tertiary/aromatic N) is 3. The number of rotatable bonds is 3. The van der Waals surface area contributed by atoms with Crippen molar-refractivity contribution in [3.05, 3.63) is 30.6 Å². The lowest BCUT2D eigenvalue weighted by atomic mass is 10.2. The number of benzene rings is 1. The average molecular weight is 288 g/mol. The SMILES string of the molecule is CC(C)(C)OC(=O)N(NC=O)c1cccc2nccnc12. The van der Waals surface area contributed by atoms with Gasteiger partial charge >= 0.3 is 6.09 Å². The van der Waals surface area contributed by atoms with Crippen molar-refractivity contribution in [1.82, 2.24) is 15.4 Å². The van der Waals surface area contributed by atoms with Crippen molar-refractivity contribution in [2.75, 3.05) is 5.01 Å². The van der Waals surface area contributed by atoms with E-state index in [1.54, 1.807) is 45.2 Å². The van der Waals surface area contributed by atoms with Crippen LogP contribution in [0.25, 0.3) is 11.0 Å². The van der Waals surface area contributed by atoms with Gasteiger partial charge in [-0.3, -0.25) is 20.2 Å². The minimum absolute atomic E-state index is 0.391. The van der Waals surface area contributed by atoms with E-state index >= 15 is 0 Å². The van der Waals surface area contributed by atoms with E-state index in [1.165, 1.54) is 6.20 Å². The van der Waals surface area contributed by atoms with Gasteiger partial charge in [0.25, 0.3) is 0 Å². The number of hydrogen-bond acceptors (Lipinski definition) is 5. The van der Waals surface area contributed by atoms with E-state index in [4.69, 9.17) is 4.74 Å². The Labute approximate surface area is 121 Å². The molecule has 2 aromatic rings. The molecule has 0 aliphatic rings. The molecule has 2 amide bonds. The fraction of sp³-hybridized carbons (Fsp3) is 0.286. The Hall–Kier alpha value is -2.70. The molecular formula is C14H16N4O3. The zero-order valence-corrected chi connectivity index (χ0v) is 12.0. The molecule has 0 bridgehead atoms. The molecule has 7 heteroatoms. The fourth-order valence-corrected chi connectivity index (χ4v) is 1.74. The number of anilines is 1. The van der Waals surface area contributed by atoms with E-state index in [0.717, 1.165) is 5.01 Å². The van der Waals surface area contributed by atoms with Crippen molar-refractivity contribution in [2.45, 2.75) is 26.4 Å². The highest BCUT2D eigenvalue weighted by atomic mass is 16.6. The van der Waals surface area contributed by atoms with E-state index < -0.39 is 11.7 Å². The smallest absolute Gasteiger partial charge is 0.434 e. The molecule has 0 unspecified atom stereocenters. The molecule has 0 spiro atoms. The third-order valence-electron chi connectivity index (χ3n) is 2.48. The average Bonchev–Trinajstić information content (AvgIpc) is 2.42. The van der Waals surface area contributed by atoms with Gasteiger partial charge in [0.1, 0.15) is 11.1 Å². The van der Waals surface area contributed by atoms with Crippen LogP contribution in [0.5, 0.6) is 0 Å². The van der Waals surface area contributed by atoms with E-state index in [-0.39, 0.29) is 0 Å². The van der Waals surface area contributed by atoms with Crippen LogP contribution in [0.3, 0.4) is 0 Å². The summed E-state index contributed by atoms with van der Waals surface area (Å²) in [5.74, 6) is 0. The Kier molecular flexibility index (Phi) is 4.02. The number of ether oxygens (including phenoxy) is 1. The third-order valence-corrected chi connectivity index (χ3v) is 2.48. The van der Waals surface area contributed by atoms with Crippen molar-refractivity contribution in [3.63, 3.8) is 0 Å². The minimum atomic E-state index is -0.701. The minimum Gasteiger partial charge on any atom is -0.442 e. The van der Waals surface area contributed by atoms with Crippen LogP contribution in [-0.4, -0.2) is 28.1 Å². The molecule has 21 heavy (non-hydrogen) atoms.